The molecule has 1 aromatic carbocycles. The van der Waals surface area contributed by atoms with Crippen molar-refractivity contribution in [3.63, 3.8) is 0 Å². The number of aromatic nitrogens is 4. The van der Waals surface area contributed by atoms with E-state index in [0.29, 0.717) is 28.6 Å². The highest BCUT2D eigenvalue weighted by Gasteiger charge is 2.13. The van der Waals surface area contributed by atoms with Crippen LogP contribution in [0.5, 0.6) is 5.75 Å². The summed E-state index contributed by atoms with van der Waals surface area (Å²) in [5.41, 5.74) is 3.84. The normalized spacial score (nSPS) is 11.1. The van der Waals surface area contributed by atoms with Gasteiger partial charge in [-0.1, -0.05) is 29.8 Å². The van der Waals surface area contributed by atoms with E-state index in [-0.39, 0.29) is 6.61 Å². The summed E-state index contributed by atoms with van der Waals surface area (Å²) in [4.78, 5) is 21.0. The molecule has 0 aliphatic carbocycles. The molecule has 0 fully saturated rings. The van der Waals surface area contributed by atoms with Crippen LogP contribution in [0.1, 0.15) is 22.5 Å². The van der Waals surface area contributed by atoms with Gasteiger partial charge in [0.25, 0.3) is 0 Å². The average molecular weight is 481 g/mol. The van der Waals surface area contributed by atoms with Gasteiger partial charge in [0.2, 0.25) is 0 Å². The number of hydrogen-bond acceptors (Lipinski definition) is 7. The Bertz CT molecular complexity index is 1280. The molecule has 0 saturated heterocycles. The summed E-state index contributed by atoms with van der Waals surface area (Å²) in [6.45, 7) is 2.40. The zero-order valence-corrected chi connectivity index (χ0v) is 19.6. The smallest absolute Gasteiger partial charge is 0.331 e. The first kappa shape index (κ1) is 22.7. The average Bonchev–Trinajstić information content (AvgIpc) is 3.41. The van der Waals surface area contributed by atoms with Gasteiger partial charge < -0.3 is 9.47 Å². The van der Waals surface area contributed by atoms with Crippen LogP contribution in [0.3, 0.4) is 0 Å². The summed E-state index contributed by atoms with van der Waals surface area (Å²) >= 11 is 7.98. The quantitative estimate of drug-likeness (QED) is 0.255. The van der Waals surface area contributed by atoms with E-state index in [1.54, 1.807) is 24.1 Å². The summed E-state index contributed by atoms with van der Waals surface area (Å²) in [5, 5.41) is 7.57. The fourth-order valence-corrected chi connectivity index (χ4v) is 4.21. The van der Waals surface area contributed by atoms with Crippen molar-refractivity contribution in [1.29, 1.82) is 0 Å². The van der Waals surface area contributed by atoms with E-state index < -0.39 is 5.97 Å². The van der Waals surface area contributed by atoms with Crippen molar-refractivity contribution in [3.05, 3.63) is 87.8 Å². The van der Waals surface area contributed by atoms with Crippen LogP contribution in [0, 0.1) is 6.92 Å². The van der Waals surface area contributed by atoms with Crippen molar-refractivity contribution in [2.45, 2.75) is 20.1 Å². The van der Waals surface area contributed by atoms with Gasteiger partial charge in [-0.25, -0.2) is 14.5 Å². The van der Waals surface area contributed by atoms with Crippen LogP contribution >= 0.6 is 22.9 Å². The van der Waals surface area contributed by atoms with E-state index in [0.717, 1.165) is 22.0 Å². The van der Waals surface area contributed by atoms with Crippen molar-refractivity contribution in [1.82, 2.24) is 19.7 Å². The number of benzene rings is 1. The number of nitrogens with zero attached hydrogens (tertiary/aromatic N) is 4. The van der Waals surface area contributed by atoms with Crippen molar-refractivity contribution >= 4 is 35.0 Å². The van der Waals surface area contributed by atoms with Crippen molar-refractivity contribution in [2.75, 3.05) is 7.11 Å². The predicted octanol–water partition coefficient (Wildman–Crippen LogP) is 5.18. The van der Waals surface area contributed by atoms with Gasteiger partial charge in [-0.2, -0.15) is 5.10 Å². The maximum Gasteiger partial charge on any atom is 0.331 e. The first-order valence-electron chi connectivity index (χ1n) is 10.1. The number of carbonyl (C=O) groups is 1. The van der Waals surface area contributed by atoms with Crippen LogP contribution in [-0.2, 0) is 22.7 Å². The molecule has 0 radical (unpaired) electrons. The summed E-state index contributed by atoms with van der Waals surface area (Å²) in [5.74, 6) is 0.279. The molecule has 0 saturated carbocycles. The largest absolute Gasteiger partial charge is 0.497 e. The second kappa shape index (κ2) is 10.4. The Balaban J connectivity index is 1.37. The van der Waals surface area contributed by atoms with Crippen molar-refractivity contribution in [2.24, 2.45) is 0 Å². The second-order valence-corrected chi connectivity index (χ2v) is 8.32. The molecule has 4 rings (SSSR count). The molecule has 0 bridgehead atoms. The fourth-order valence-electron chi connectivity index (χ4n) is 3.13. The minimum Gasteiger partial charge on any atom is -0.497 e. The molecule has 33 heavy (non-hydrogen) atoms. The molecule has 4 aromatic rings. The van der Waals surface area contributed by atoms with Crippen LogP contribution in [-0.4, -0.2) is 32.8 Å². The van der Waals surface area contributed by atoms with Gasteiger partial charge in [0.05, 0.1) is 30.7 Å². The number of methoxy groups -OCH3 is 1. The Morgan fingerprint density at radius 2 is 2.12 bits per heavy atom. The first-order chi connectivity index (χ1) is 16.0. The van der Waals surface area contributed by atoms with Crippen molar-refractivity contribution in [3.8, 4) is 16.5 Å². The molecule has 0 N–H and O–H groups in total. The molecular weight excluding hydrogens is 460 g/mol. The van der Waals surface area contributed by atoms with Gasteiger partial charge in [0, 0.05) is 23.2 Å². The predicted molar refractivity (Wildman–Crippen MR) is 128 cm³/mol. The fraction of sp³-hybridized carbons (Fsp3) is 0.167. The highest BCUT2D eigenvalue weighted by Crippen LogP contribution is 2.24. The standard InChI is InChI=1S/C24H21ClN4O3S/c1-16-20(23(25)29(28-16)13-17-6-5-7-19(12-17)31-2)9-10-22(30)32-14-18-15-33-24(27-18)21-8-3-4-11-26-21/h3-12,15H,13-14H2,1-2H3/b10-9+. The van der Waals surface area contributed by atoms with Gasteiger partial charge in [0.15, 0.2) is 0 Å². The Labute approximate surface area is 200 Å². The molecule has 9 heteroatoms. The number of pyridine rings is 1. The number of rotatable bonds is 8. The van der Waals surface area contributed by atoms with Crippen molar-refractivity contribution < 1.29 is 14.3 Å². The third-order valence-electron chi connectivity index (χ3n) is 4.76. The lowest BCUT2D eigenvalue weighted by Crippen LogP contribution is -2.02. The van der Waals surface area contributed by atoms with E-state index >= 15 is 0 Å². The minimum absolute atomic E-state index is 0.0777. The lowest BCUT2D eigenvalue weighted by Gasteiger charge is -2.06. The minimum atomic E-state index is -0.488. The summed E-state index contributed by atoms with van der Waals surface area (Å²) < 4.78 is 12.3. The first-order valence-corrected chi connectivity index (χ1v) is 11.4. The number of ether oxygens (including phenoxy) is 2. The van der Waals surface area contributed by atoms with Gasteiger partial charge >= 0.3 is 5.97 Å². The molecule has 3 aromatic heterocycles. The number of hydrogen-bond donors (Lipinski definition) is 0. The molecule has 168 valence electrons. The van der Waals surface area contributed by atoms with Crippen LogP contribution in [0.25, 0.3) is 16.8 Å². The van der Waals surface area contributed by atoms with E-state index in [1.165, 1.54) is 17.4 Å². The molecule has 0 aliphatic rings. The van der Waals surface area contributed by atoms with Gasteiger partial charge in [0.1, 0.15) is 22.5 Å². The van der Waals surface area contributed by atoms with Gasteiger partial charge in [-0.15, -0.1) is 11.3 Å². The highest BCUT2D eigenvalue weighted by atomic mass is 35.5. The Morgan fingerprint density at radius 3 is 2.91 bits per heavy atom. The van der Waals surface area contributed by atoms with Crippen LogP contribution in [0.15, 0.2) is 60.1 Å². The Hall–Kier alpha value is -3.49. The molecule has 0 unspecified atom stereocenters. The molecule has 0 amide bonds. The summed E-state index contributed by atoms with van der Waals surface area (Å²) in [6, 6.07) is 13.3. The third-order valence-corrected chi connectivity index (χ3v) is 6.07. The third kappa shape index (κ3) is 5.66. The highest BCUT2D eigenvalue weighted by molar-refractivity contribution is 7.13. The summed E-state index contributed by atoms with van der Waals surface area (Å²) in [6.07, 6.45) is 4.68. The summed E-state index contributed by atoms with van der Waals surface area (Å²) in [7, 11) is 1.62. The molecular formula is C24H21ClN4O3S. The molecule has 0 aliphatic heterocycles. The molecule has 3 heterocycles. The Kier molecular flexibility index (Phi) is 7.16. The maximum atomic E-state index is 12.2. The number of carbonyl (C=O) groups excluding carboxylic acids is 1. The second-order valence-electron chi connectivity index (χ2n) is 7.10. The SMILES string of the molecule is COc1cccc(Cn2nc(C)c(/C=C/C(=O)OCc3csc(-c4ccccn4)n3)c2Cl)c1. The van der Waals surface area contributed by atoms with Gasteiger partial charge in [-0.05, 0) is 42.8 Å². The van der Waals surface area contributed by atoms with Gasteiger partial charge in [-0.3, -0.25) is 4.98 Å². The lowest BCUT2D eigenvalue weighted by atomic mass is 10.2. The van der Waals surface area contributed by atoms with Crippen LogP contribution in [0.2, 0.25) is 5.15 Å². The van der Waals surface area contributed by atoms with E-state index in [2.05, 4.69) is 15.1 Å². The lowest BCUT2D eigenvalue weighted by molar-refractivity contribution is -0.139. The Morgan fingerprint density at radius 1 is 1.24 bits per heavy atom. The van der Waals surface area contributed by atoms with Crippen LogP contribution in [0.4, 0.5) is 0 Å². The maximum absolute atomic E-state index is 12.2. The topological polar surface area (TPSA) is 79.1 Å². The number of halogens is 1. The zero-order chi connectivity index (χ0) is 23.2. The number of thiazole rings is 1. The number of esters is 1. The van der Waals surface area contributed by atoms with E-state index in [4.69, 9.17) is 21.1 Å². The molecule has 7 nitrogen and oxygen atoms in total. The zero-order valence-electron chi connectivity index (χ0n) is 18.1. The van der Waals surface area contributed by atoms with E-state index in [1.807, 2.05) is 54.8 Å². The molecule has 0 spiro atoms. The molecule has 0 atom stereocenters. The van der Waals surface area contributed by atoms with Crippen LogP contribution < -0.4 is 4.74 Å². The number of aryl methyl sites for hydroxylation is 1. The monoisotopic (exact) mass is 480 g/mol. The van der Waals surface area contributed by atoms with E-state index in [9.17, 15) is 4.79 Å².